The lowest BCUT2D eigenvalue weighted by Gasteiger charge is -2.06. The van der Waals surface area contributed by atoms with Crippen molar-refractivity contribution in [2.75, 3.05) is 6.54 Å². The van der Waals surface area contributed by atoms with Crippen LogP contribution in [0.15, 0.2) is 51.9 Å². The summed E-state index contributed by atoms with van der Waals surface area (Å²) in [6, 6.07) is 10.5. The second-order valence-electron chi connectivity index (χ2n) is 6.40. The molecule has 6 heteroatoms. The molecular formula is C19H21N3O3. The maximum atomic E-state index is 12.5. The molecule has 0 bridgehead atoms. The standard InChI is InChI=1S/C19H21N3O3/c1-13(2)9-10-20-18(23)17-8-7-14(25-17)11-22-12-21-16-6-4-3-5-15(16)19(22)24/h3-8,12-13H,9-11H2,1-2H3,(H,20,23). The molecule has 2 aromatic heterocycles. The van der Waals surface area contributed by atoms with E-state index >= 15 is 0 Å². The third-order valence-corrected chi connectivity index (χ3v) is 3.95. The number of aromatic nitrogens is 2. The summed E-state index contributed by atoms with van der Waals surface area (Å²) in [6.07, 6.45) is 2.41. The van der Waals surface area contributed by atoms with E-state index in [0.717, 1.165) is 6.42 Å². The third-order valence-electron chi connectivity index (χ3n) is 3.95. The van der Waals surface area contributed by atoms with E-state index in [2.05, 4.69) is 24.1 Å². The molecule has 3 rings (SSSR count). The van der Waals surface area contributed by atoms with Crippen LogP contribution in [0.25, 0.3) is 10.9 Å². The van der Waals surface area contributed by atoms with E-state index < -0.39 is 0 Å². The molecule has 25 heavy (non-hydrogen) atoms. The predicted molar refractivity (Wildman–Crippen MR) is 95.6 cm³/mol. The van der Waals surface area contributed by atoms with Crippen molar-refractivity contribution in [3.63, 3.8) is 0 Å². The Morgan fingerprint density at radius 1 is 1.24 bits per heavy atom. The minimum Gasteiger partial charge on any atom is -0.454 e. The van der Waals surface area contributed by atoms with Crippen LogP contribution in [0.2, 0.25) is 0 Å². The van der Waals surface area contributed by atoms with Crippen molar-refractivity contribution in [1.82, 2.24) is 14.9 Å². The topological polar surface area (TPSA) is 77.1 Å². The van der Waals surface area contributed by atoms with E-state index in [-0.39, 0.29) is 23.8 Å². The molecule has 3 aromatic rings. The smallest absolute Gasteiger partial charge is 0.286 e. The Balaban J connectivity index is 1.72. The van der Waals surface area contributed by atoms with Gasteiger partial charge >= 0.3 is 0 Å². The summed E-state index contributed by atoms with van der Waals surface area (Å²) >= 11 is 0. The van der Waals surface area contributed by atoms with Crippen LogP contribution in [-0.4, -0.2) is 22.0 Å². The molecule has 1 N–H and O–H groups in total. The number of nitrogens with zero attached hydrogens (tertiary/aromatic N) is 2. The van der Waals surface area contributed by atoms with Crippen molar-refractivity contribution in [1.29, 1.82) is 0 Å². The maximum absolute atomic E-state index is 12.5. The largest absolute Gasteiger partial charge is 0.454 e. The number of carbonyl (C=O) groups is 1. The zero-order valence-corrected chi connectivity index (χ0v) is 14.4. The normalized spacial score (nSPS) is 11.2. The number of hydrogen-bond acceptors (Lipinski definition) is 4. The number of fused-ring (bicyclic) bond motifs is 1. The van der Waals surface area contributed by atoms with Crippen LogP contribution in [0.3, 0.4) is 0 Å². The highest BCUT2D eigenvalue weighted by molar-refractivity contribution is 5.91. The number of carbonyl (C=O) groups excluding carboxylic acids is 1. The monoisotopic (exact) mass is 339 g/mol. The van der Waals surface area contributed by atoms with Gasteiger partial charge in [-0.2, -0.15) is 0 Å². The van der Waals surface area contributed by atoms with Gasteiger partial charge in [0.1, 0.15) is 5.76 Å². The fourth-order valence-electron chi connectivity index (χ4n) is 2.53. The zero-order chi connectivity index (χ0) is 17.8. The number of furan rings is 1. The summed E-state index contributed by atoms with van der Waals surface area (Å²) in [5.74, 6) is 1.07. The average Bonchev–Trinajstić information content (AvgIpc) is 3.06. The summed E-state index contributed by atoms with van der Waals surface area (Å²) in [5.41, 5.74) is 0.526. The van der Waals surface area contributed by atoms with Gasteiger partial charge in [0.2, 0.25) is 0 Å². The van der Waals surface area contributed by atoms with E-state index in [1.54, 1.807) is 24.3 Å². The van der Waals surface area contributed by atoms with E-state index in [1.165, 1.54) is 10.9 Å². The zero-order valence-electron chi connectivity index (χ0n) is 14.4. The first-order chi connectivity index (χ1) is 12.0. The third kappa shape index (κ3) is 3.96. The van der Waals surface area contributed by atoms with Gasteiger partial charge in [-0.25, -0.2) is 4.98 Å². The highest BCUT2D eigenvalue weighted by Gasteiger charge is 2.12. The molecule has 130 valence electrons. The number of benzene rings is 1. The Morgan fingerprint density at radius 2 is 2.04 bits per heavy atom. The molecule has 0 saturated carbocycles. The predicted octanol–water partition coefficient (Wildman–Crippen LogP) is 2.81. The minimum atomic E-state index is -0.240. The molecule has 0 atom stereocenters. The number of rotatable bonds is 6. The fraction of sp³-hybridized carbons (Fsp3) is 0.316. The summed E-state index contributed by atoms with van der Waals surface area (Å²) in [6.45, 7) is 5.05. The molecular weight excluding hydrogens is 318 g/mol. The van der Waals surface area contributed by atoms with Crippen LogP contribution in [0.1, 0.15) is 36.6 Å². The number of para-hydroxylation sites is 1. The molecule has 0 radical (unpaired) electrons. The van der Waals surface area contributed by atoms with Crippen LogP contribution in [0.5, 0.6) is 0 Å². The molecule has 6 nitrogen and oxygen atoms in total. The first-order valence-electron chi connectivity index (χ1n) is 8.35. The number of hydrogen-bond donors (Lipinski definition) is 1. The van der Waals surface area contributed by atoms with Crippen LogP contribution < -0.4 is 10.9 Å². The van der Waals surface area contributed by atoms with E-state index in [4.69, 9.17) is 4.42 Å². The van der Waals surface area contributed by atoms with Gasteiger partial charge in [-0.3, -0.25) is 14.2 Å². The van der Waals surface area contributed by atoms with Gasteiger partial charge in [-0.15, -0.1) is 0 Å². The molecule has 0 saturated heterocycles. The Morgan fingerprint density at radius 3 is 2.84 bits per heavy atom. The van der Waals surface area contributed by atoms with Crippen LogP contribution in [0, 0.1) is 5.92 Å². The first kappa shape index (κ1) is 17.0. The average molecular weight is 339 g/mol. The second kappa shape index (κ2) is 7.34. The van der Waals surface area contributed by atoms with Crippen LogP contribution >= 0.6 is 0 Å². The lowest BCUT2D eigenvalue weighted by Crippen LogP contribution is -2.24. The molecule has 0 unspecified atom stereocenters. The summed E-state index contributed by atoms with van der Waals surface area (Å²) < 4.78 is 7.05. The molecule has 0 fully saturated rings. The molecule has 1 aromatic carbocycles. The molecule has 2 heterocycles. The number of amides is 1. The Kier molecular flexibility index (Phi) is 4.97. The molecule has 1 amide bonds. The first-order valence-corrected chi connectivity index (χ1v) is 8.35. The van der Waals surface area contributed by atoms with E-state index in [1.807, 2.05) is 12.1 Å². The summed E-state index contributed by atoms with van der Waals surface area (Å²) in [4.78, 5) is 28.8. The van der Waals surface area contributed by atoms with Gasteiger partial charge in [0, 0.05) is 6.54 Å². The Bertz CT molecular complexity index is 940. The molecule has 0 aliphatic heterocycles. The van der Waals surface area contributed by atoms with Crippen LogP contribution in [-0.2, 0) is 6.54 Å². The van der Waals surface area contributed by atoms with E-state index in [9.17, 15) is 9.59 Å². The lowest BCUT2D eigenvalue weighted by atomic mass is 10.1. The van der Waals surface area contributed by atoms with Gasteiger partial charge in [-0.1, -0.05) is 26.0 Å². The van der Waals surface area contributed by atoms with Crippen molar-refractivity contribution < 1.29 is 9.21 Å². The summed E-state index contributed by atoms with van der Waals surface area (Å²) in [7, 11) is 0. The van der Waals surface area contributed by atoms with Gasteiger partial charge in [0.25, 0.3) is 11.5 Å². The molecule has 0 aliphatic rings. The van der Waals surface area contributed by atoms with Crippen molar-refractivity contribution in [2.24, 2.45) is 5.92 Å². The van der Waals surface area contributed by atoms with Gasteiger partial charge in [0.05, 0.1) is 23.8 Å². The molecule has 0 spiro atoms. The van der Waals surface area contributed by atoms with Gasteiger partial charge < -0.3 is 9.73 Å². The maximum Gasteiger partial charge on any atom is 0.286 e. The quantitative estimate of drug-likeness (QED) is 0.749. The summed E-state index contributed by atoms with van der Waals surface area (Å²) in [5, 5.41) is 3.39. The van der Waals surface area contributed by atoms with E-state index in [0.29, 0.717) is 29.1 Å². The Labute approximate surface area is 145 Å². The molecule has 0 aliphatic carbocycles. The highest BCUT2D eigenvalue weighted by atomic mass is 16.4. The minimum absolute atomic E-state index is 0.134. The second-order valence-corrected chi connectivity index (χ2v) is 6.40. The fourth-order valence-corrected chi connectivity index (χ4v) is 2.53. The Hall–Kier alpha value is -2.89. The SMILES string of the molecule is CC(C)CCNC(=O)c1ccc(Cn2cnc3ccccc3c2=O)o1. The van der Waals surface area contributed by atoms with Crippen molar-refractivity contribution in [2.45, 2.75) is 26.8 Å². The number of nitrogens with one attached hydrogen (secondary N) is 1. The highest BCUT2D eigenvalue weighted by Crippen LogP contribution is 2.10. The van der Waals surface area contributed by atoms with Gasteiger partial charge in [0.15, 0.2) is 5.76 Å². The van der Waals surface area contributed by atoms with Crippen molar-refractivity contribution >= 4 is 16.8 Å². The van der Waals surface area contributed by atoms with Crippen LogP contribution in [0.4, 0.5) is 0 Å². The lowest BCUT2D eigenvalue weighted by molar-refractivity contribution is 0.0922. The van der Waals surface area contributed by atoms with Crippen molar-refractivity contribution in [3.8, 4) is 0 Å². The van der Waals surface area contributed by atoms with Crippen molar-refractivity contribution in [3.05, 3.63) is 64.6 Å². The van der Waals surface area contributed by atoms with Gasteiger partial charge in [-0.05, 0) is 36.6 Å².